The minimum Gasteiger partial charge on any atom is -0.478 e. The second-order valence-electron chi connectivity index (χ2n) is 8.15. The molecule has 0 atom stereocenters. The molecule has 5 nitrogen and oxygen atoms in total. The standard InChI is InChI=1S/C29H22O5/c1-17-15-23(28(31)32)11-13-25(17)19-3-7-21(8-4-19)27(30)22-9-5-20(6-10-22)26-14-12-24(29(33)34)16-18(26)2/h3-16H,1-2H3,(H,31,32)(H,33,34). The number of aromatic carboxylic acids is 2. The van der Waals surface area contributed by atoms with Crippen molar-refractivity contribution in [3.63, 3.8) is 0 Å². The third kappa shape index (κ3) is 4.50. The zero-order chi connectivity index (χ0) is 24.4. The van der Waals surface area contributed by atoms with E-state index in [0.29, 0.717) is 11.1 Å². The van der Waals surface area contributed by atoms with Gasteiger partial charge < -0.3 is 10.2 Å². The molecule has 168 valence electrons. The molecule has 0 aliphatic carbocycles. The number of hydrogen-bond acceptors (Lipinski definition) is 3. The van der Waals surface area contributed by atoms with E-state index in [1.807, 2.05) is 38.1 Å². The number of aryl methyl sites for hydroxylation is 2. The number of benzene rings is 4. The molecule has 0 heterocycles. The van der Waals surface area contributed by atoms with Gasteiger partial charge in [0.2, 0.25) is 0 Å². The Morgan fingerprint density at radius 3 is 1.12 bits per heavy atom. The second-order valence-corrected chi connectivity index (χ2v) is 8.15. The van der Waals surface area contributed by atoms with Crippen LogP contribution in [-0.4, -0.2) is 27.9 Å². The van der Waals surface area contributed by atoms with Crippen LogP contribution in [0.3, 0.4) is 0 Å². The van der Waals surface area contributed by atoms with Gasteiger partial charge in [-0.2, -0.15) is 0 Å². The Bertz CT molecular complexity index is 1310. The minimum absolute atomic E-state index is 0.103. The largest absolute Gasteiger partial charge is 0.478 e. The Balaban J connectivity index is 1.55. The van der Waals surface area contributed by atoms with E-state index >= 15 is 0 Å². The van der Waals surface area contributed by atoms with Crippen LogP contribution in [0.5, 0.6) is 0 Å². The van der Waals surface area contributed by atoms with E-state index in [2.05, 4.69) is 0 Å². The minimum atomic E-state index is -0.964. The van der Waals surface area contributed by atoms with Gasteiger partial charge in [0.1, 0.15) is 0 Å². The molecule has 0 fully saturated rings. The maximum atomic E-state index is 13.0. The molecule has 34 heavy (non-hydrogen) atoms. The van der Waals surface area contributed by atoms with E-state index < -0.39 is 11.9 Å². The quantitative estimate of drug-likeness (QED) is 0.338. The fraction of sp³-hybridized carbons (Fsp3) is 0.0690. The van der Waals surface area contributed by atoms with Gasteiger partial charge in [0.25, 0.3) is 0 Å². The number of ketones is 1. The van der Waals surface area contributed by atoms with Gasteiger partial charge in [0.15, 0.2) is 5.78 Å². The van der Waals surface area contributed by atoms with Crippen LogP contribution in [0.2, 0.25) is 0 Å². The molecule has 2 N–H and O–H groups in total. The van der Waals surface area contributed by atoms with Crippen molar-refractivity contribution in [2.75, 3.05) is 0 Å². The summed E-state index contributed by atoms with van der Waals surface area (Å²) >= 11 is 0. The summed E-state index contributed by atoms with van der Waals surface area (Å²) in [6.07, 6.45) is 0. The average Bonchev–Trinajstić information content (AvgIpc) is 2.83. The zero-order valence-electron chi connectivity index (χ0n) is 18.7. The Labute approximate surface area is 197 Å². The fourth-order valence-electron chi connectivity index (χ4n) is 4.01. The van der Waals surface area contributed by atoms with Crippen molar-refractivity contribution in [3.8, 4) is 22.3 Å². The molecule has 0 spiro atoms. The predicted molar refractivity (Wildman–Crippen MR) is 131 cm³/mol. The number of hydrogen-bond donors (Lipinski definition) is 2. The van der Waals surface area contributed by atoms with E-state index in [4.69, 9.17) is 10.2 Å². The van der Waals surface area contributed by atoms with Crippen LogP contribution < -0.4 is 0 Å². The van der Waals surface area contributed by atoms with Crippen LogP contribution in [0, 0.1) is 13.8 Å². The molecule has 0 aliphatic heterocycles. The highest BCUT2D eigenvalue weighted by atomic mass is 16.4. The highest BCUT2D eigenvalue weighted by Gasteiger charge is 2.13. The summed E-state index contributed by atoms with van der Waals surface area (Å²) in [5.74, 6) is -2.03. The average molecular weight is 450 g/mol. The van der Waals surface area contributed by atoms with Crippen molar-refractivity contribution in [2.45, 2.75) is 13.8 Å². The van der Waals surface area contributed by atoms with Gasteiger partial charge in [0.05, 0.1) is 11.1 Å². The van der Waals surface area contributed by atoms with E-state index in [0.717, 1.165) is 33.4 Å². The number of carboxylic acids is 2. The van der Waals surface area contributed by atoms with Crippen molar-refractivity contribution in [2.24, 2.45) is 0 Å². The molecule has 0 aromatic heterocycles. The van der Waals surface area contributed by atoms with Gasteiger partial charge in [0, 0.05) is 11.1 Å². The SMILES string of the molecule is Cc1cc(C(=O)O)ccc1-c1ccc(C(=O)c2ccc(-c3ccc(C(=O)O)cc3C)cc2)cc1. The lowest BCUT2D eigenvalue weighted by molar-refractivity contribution is 0.0686. The Morgan fingerprint density at radius 2 is 0.824 bits per heavy atom. The monoisotopic (exact) mass is 450 g/mol. The number of rotatable bonds is 6. The van der Waals surface area contributed by atoms with Crippen molar-refractivity contribution in [1.82, 2.24) is 0 Å². The van der Waals surface area contributed by atoms with Crippen molar-refractivity contribution in [1.29, 1.82) is 0 Å². The summed E-state index contributed by atoms with van der Waals surface area (Å²) in [4.78, 5) is 35.3. The summed E-state index contributed by atoms with van der Waals surface area (Å²) in [7, 11) is 0. The van der Waals surface area contributed by atoms with Crippen molar-refractivity contribution in [3.05, 3.63) is 118 Å². The summed E-state index contributed by atoms with van der Waals surface area (Å²) in [6.45, 7) is 3.72. The molecule has 0 bridgehead atoms. The Morgan fingerprint density at radius 1 is 0.500 bits per heavy atom. The van der Waals surface area contributed by atoms with Gasteiger partial charge in [-0.3, -0.25) is 4.79 Å². The van der Waals surface area contributed by atoms with E-state index in [9.17, 15) is 14.4 Å². The van der Waals surface area contributed by atoms with Gasteiger partial charge in [-0.1, -0.05) is 60.7 Å². The molecule has 0 aliphatic rings. The van der Waals surface area contributed by atoms with Crippen molar-refractivity contribution < 1.29 is 24.6 Å². The lowest BCUT2D eigenvalue weighted by Gasteiger charge is -2.10. The molecule has 4 aromatic rings. The Kier molecular flexibility index (Phi) is 6.11. The van der Waals surface area contributed by atoms with Gasteiger partial charge in [-0.05, 0) is 71.5 Å². The first-order valence-electron chi connectivity index (χ1n) is 10.7. The molecule has 0 amide bonds. The van der Waals surface area contributed by atoms with Crippen LogP contribution in [0.15, 0.2) is 84.9 Å². The van der Waals surface area contributed by atoms with Crippen LogP contribution in [0.1, 0.15) is 47.8 Å². The first-order chi connectivity index (χ1) is 16.2. The molecular weight excluding hydrogens is 428 g/mol. The van der Waals surface area contributed by atoms with Crippen LogP contribution in [0.25, 0.3) is 22.3 Å². The maximum Gasteiger partial charge on any atom is 0.335 e. The topological polar surface area (TPSA) is 91.7 Å². The highest BCUT2D eigenvalue weighted by molar-refractivity contribution is 6.09. The van der Waals surface area contributed by atoms with Crippen molar-refractivity contribution >= 4 is 17.7 Å². The molecule has 0 unspecified atom stereocenters. The lowest BCUT2D eigenvalue weighted by Crippen LogP contribution is -2.01. The molecule has 5 heteroatoms. The first kappa shape index (κ1) is 22.7. The molecule has 4 rings (SSSR count). The first-order valence-corrected chi connectivity index (χ1v) is 10.7. The third-order valence-electron chi connectivity index (χ3n) is 5.86. The molecule has 0 saturated carbocycles. The number of carbonyl (C=O) groups excluding carboxylic acids is 1. The smallest absolute Gasteiger partial charge is 0.335 e. The summed E-state index contributed by atoms with van der Waals surface area (Å²) in [6, 6.07) is 24.5. The predicted octanol–water partition coefficient (Wildman–Crippen LogP) is 6.26. The van der Waals surface area contributed by atoms with E-state index in [1.54, 1.807) is 60.7 Å². The zero-order valence-corrected chi connectivity index (χ0v) is 18.7. The summed E-state index contributed by atoms with van der Waals surface area (Å²) in [5, 5.41) is 18.3. The molecule has 0 radical (unpaired) electrons. The van der Waals surface area contributed by atoms with E-state index in [-0.39, 0.29) is 16.9 Å². The second kappa shape index (κ2) is 9.16. The summed E-state index contributed by atoms with van der Waals surface area (Å²) < 4.78 is 0. The molecule has 0 saturated heterocycles. The van der Waals surface area contributed by atoms with E-state index in [1.165, 1.54) is 0 Å². The summed E-state index contributed by atoms with van der Waals surface area (Å²) in [5.41, 5.74) is 6.92. The highest BCUT2D eigenvalue weighted by Crippen LogP contribution is 2.27. The number of carboxylic acid groups (broad SMARTS) is 2. The van der Waals surface area contributed by atoms with Gasteiger partial charge in [-0.25, -0.2) is 9.59 Å². The Hall–Kier alpha value is -4.51. The fourth-order valence-corrected chi connectivity index (χ4v) is 4.01. The van der Waals surface area contributed by atoms with Crippen LogP contribution in [0.4, 0.5) is 0 Å². The maximum absolute atomic E-state index is 13.0. The number of carbonyl (C=O) groups is 3. The molecular formula is C29H22O5. The van der Waals surface area contributed by atoms with Gasteiger partial charge in [-0.15, -0.1) is 0 Å². The third-order valence-corrected chi connectivity index (χ3v) is 5.86. The van der Waals surface area contributed by atoms with Crippen LogP contribution in [-0.2, 0) is 0 Å². The van der Waals surface area contributed by atoms with Gasteiger partial charge >= 0.3 is 11.9 Å². The van der Waals surface area contributed by atoms with Crippen LogP contribution >= 0.6 is 0 Å². The molecule has 4 aromatic carbocycles. The normalized spacial score (nSPS) is 10.6. The lowest BCUT2D eigenvalue weighted by atomic mass is 9.94.